The molecule has 176 valence electrons. The molecule has 0 saturated carbocycles. The van der Waals surface area contributed by atoms with Gasteiger partial charge in [-0.1, -0.05) is 6.07 Å². The van der Waals surface area contributed by atoms with Gasteiger partial charge in [-0.05, 0) is 51.1 Å². The first kappa shape index (κ1) is 22.7. The summed E-state index contributed by atoms with van der Waals surface area (Å²) >= 11 is 3.34. The zero-order valence-electron chi connectivity index (χ0n) is 19.5. The Balaban J connectivity index is 1.24. The molecule has 8 nitrogen and oxygen atoms in total. The molecule has 0 aliphatic carbocycles. The molecule has 0 spiro atoms. The van der Waals surface area contributed by atoms with Crippen molar-refractivity contribution in [2.24, 2.45) is 5.92 Å². The van der Waals surface area contributed by atoms with E-state index in [0.29, 0.717) is 13.1 Å². The third kappa shape index (κ3) is 4.74. The average Bonchev–Trinajstić information content (AvgIpc) is 3.58. The molecule has 4 aromatic rings. The summed E-state index contributed by atoms with van der Waals surface area (Å²) < 4.78 is 1.83. The van der Waals surface area contributed by atoms with Gasteiger partial charge in [0.1, 0.15) is 17.2 Å². The predicted octanol–water partition coefficient (Wildman–Crippen LogP) is 4.31. The topological polar surface area (TPSA) is 88.8 Å². The van der Waals surface area contributed by atoms with Gasteiger partial charge in [0.05, 0.1) is 28.7 Å². The van der Waals surface area contributed by atoms with Gasteiger partial charge in [0.25, 0.3) is 0 Å². The van der Waals surface area contributed by atoms with Crippen molar-refractivity contribution in [2.75, 3.05) is 18.0 Å². The van der Waals surface area contributed by atoms with Crippen molar-refractivity contribution in [1.82, 2.24) is 30.0 Å². The molecule has 1 N–H and O–H groups in total. The molecule has 1 amide bonds. The molecule has 1 fully saturated rings. The van der Waals surface area contributed by atoms with Crippen LogP contribution in [-0.2, 0) is 11.3 Å². The molecule has 4 aromatic heterocycles. The third-order valence-corrected chi connectivity index (χ3v) is 8.23. The number of piperidine rings is 1. The van der Waals surface area contributed by atoms with E-state index in [1.807, 2.05) is 43.7 Å². The van der Waals surface area contributed by atoms with Crippen LogP contribution in [0.3, 0.4) is 0 Å². The van der Waals surface area contributed by atoms with E-state index in [1.54, 1.807) is 29.0 Å². The van der Waals surface area contributed by atoms with Crippen LogP contribution in [0.25, 0.3) is 15.7 Å². The van der Waals surface area contributed by atoms with Crippen LogP contribution in [0.15, 0.2) is 36.0 Å². The summed E-state index contributed by atoms with van der Waals surface area (Å²) in [5, 5.41) is 10.7. The van der Waals surface area contributed by atoms with Crippen LogP contribution in [0.4, 0.5) is 5.82 Å². The first-order valence-corrected chi connectivity index (χ1v) is 13.1. The number of anilines is 1. The summed E-state index contributed by atoms with van der Waals surface area (Å²) in [5.74, 6) is 1.58. The van der Waals surface area contributed by atoms with E-state index in [1.165, 1.54) is 4.88 Å². The number of nitrogens with zero attached hydrogens (tertiary/aromatic N) is 6. The van der Waals surface area contributed by atoms with Crippen molar-refractivity contribution < 1.29 is 4.79 Å². The summed E-state index contributed by atoms with van der Waals surface area (Å²) in [6, 6.07) is 8.09. The molecule has 5 rings (SSSR count). The number of carbonyl (C=O) groups excluding carboxylic acids is 1. The van der Waals surface area contributed by atoms with Gasteiger partial charge in [0, 0.05) is 29.7 Å². The Kier molecular flexibility index (Phi) is 6.42. The van der Waals surface area contributed by atoms with Crippen LogP contribution in [0.2, 0.25) is 0 Å². The molecule has 1 atom stereocenters. The average molecular weight is 494 g/mol. The number of aryl methyl sites for hydroxylation is 3. The van der Waals surface area contributed by atoms with Crippen molar-refractivity contribution in [3.8, 4) is 15.7 Å². The number of aromatic nitrogens is 5. The fourth-order valence-corrected chi connectivity index (χ4v) is 6.09. The Morgan fingerprint density at radius 1 is 1.21 bits per heavy atom. The maximum Gasteiger partial charge on any atom is 0.225 e. The van der Waals surface area contributed by atoms with Crippen LogP contribution in [0.1, 0.15) is 34.8 Å². The van der Waals surface area contributed by atoms with Crippen molar-refractivity contribution >= 4 is 34.4 Å². The molecular weight excluding hydrogens is 466 g/mol. The summed E-state index contributed by atoms with van der Waals surface area (Å²) in [5.41, 5.74) is 2.96. The van der Waals surface area contributed by atoms with Crippen molar-refractivity contribution in [1.29, 1.82) is 0 Å². The van der Waals surface area contributed by atoms with E-state index in [2.05, 4.69) is 41.7 Å². The van der Waals surface area contributed by atoms with E-state index >= 15 is 0 Å². The minimum absolute atomic E-state index is 0.0779. The highest BCUT2D eigenvalue weighted by atomic mass is 32.1. The Hall–Kier alpha value is -3.11. The SMILES string of the molecule is Cc1cc(C)n(-c2cc(N3CCCC(C(=O)NCc4sc(-c5cccs5)nc4C)C3)ncn2)n1. The number of thiophene rings is 1. The largest absolute Gasteiger partial charge is 0.356 e. The summed E-state index contributed by atoms with van der Waals surface area (Å²) in [6.45, 7) is 8.01. The number of amides is 1. The first-order valence-electron chi connectivity index (χ1n) is 11.4. The molecule has 5 heterocycles. The smallest absolute Gasteiger partial charge is 0.225 e. The lowest BCUT2D eigenvalue weighted by molar-refractivity contribution is -0.125. The molecule has 0 aromatic carbocycles. The monoisotopic (exact) mass is 493 g/mol. The fourth-order valence-electron chi connectivity index (χ4n) is 4.30. The second-order valence-electron chi connectivity index (χ2n) is 8.58. The molecule has 34 heavy (non-hydrogen) atoms. The van der Waals surface area contributed by atoms with Crippen molar-refractivity contribution in [3.63, 3.8) is 0 Å². The maximum absolute atomic E-state index is 13.0. The first-order chi connectivity index (χ1) is 16.5. The fraction of sp³-hybridized carbons (Fsp3) is 0.375. The highest BCUT2D eigenvalue weighted by Crippen LogP contribution is 2.31. The minimum atomic E-state index is -0.0779. The van der Waals surface area contributed by atoms with Gasteiger partial charge >= 0.3 is 0 Å². The molecule has 1 aliphatic heterocycles. The molecule has 0 radical (unpaired) electrons. The second-order valence-corrected chi connectivity index (χ2v) is 10.6. The lowest BCUT2D eigenvalue weighted by Gasteiger charge is -2.32. The Labute approximate surface area is 206 Å². The highest BCUT2D eigenvalue weighted by Gasteiger charge is 2.27. The lowest BCUT2D eigenvalue weighted by Crippen LogP contribution is -2.43. The van der Waals surface area contributed by atoms with E-state index in [0.717, 1.165) is 58.0 Å². The van der Waals surface area contributed by atoms with Crippen LogP contribution in [-0.4, -0.2) is 43.7 Å². The second kappa shape index (κ2) is 9.63. The Morgan fingerprint density at radius 2 is 2.06 bits per heavy atom. The lowest BCUT2D eigenvalue weighted by atomic mass is 9.97. The summed E-state index contributed by atoms with van der Waals surface area (Å²) in [6.07, 6.45) is 3.39. The van der Waals surface area contributed by atoms with Gasteiger partial charge < -0.3 is 10.2 Å². The van der Waals surface area contributed by atoms with Crippen molar-refractivity contribution in [2.45, 2.75) is 40.2 Å². The zero-order chi connectivity index (χ0) is 23.7. The molecule has 10 heteroatoms. The number of hydrogen-bond acceptors (Lipinski definition) is 8. The number of hydrogen-bond donors (Lipinski definition) is 1. The van der Waals surface area contributed by atoms with E-state index in [-0.39, 0.29) is 11.8 Å². The summed E-state index contributed by atoms with van der Waals surface area (Å²) in [4.78, 5) is 31.1. The zero-order valence-corrected chi connectivity index (χ0v) is 21.1. The Bertz CT molecular complexity index is 1290. The highest BCUT2D eigenvalue weighted by molar-refractivity contribution is 7.21. The molecule has 0 bridgehead atoms. The Morgan fingerprint density at radius 3 is 2.82 bits per heavy atom. The van der Waals surface area contributed by atoms with Gasteiger partial charge in [-0.3, -0.25) is 4.79 Å². The van der Waals surface area contributed by atoms with Crippen molar-refractivity contribution in [3.05, 3.63) is 57.9 Å². The molecule has 1 aliphatic rings. The number of rotatable bonds is 6. The summed E-state index contributed by atoms with van der Waals surface area (Å²) in [7, 11) is 0. The molecule has 1 saturated heterocycles. The van der Waals surface area contributed by atoms with Crippen LogP contribution >= 0.6 is 22.7 Å². The van der Waals surface area contributed by atoms with Gasteiger partial charge in [0.2, 0.25) is 5.91 Å². The maximum atomic E-state index is 13.0. The number of thiazole rings is 1. The van der Waals surface area contributed by atoms with Gasteiger partial charge in [0.15, 0.2) is 5.82 Å². The predicted molar refractivity (Wildman–Crippen MR) is 136 cm³/mol. The van der Waals surface area contributed by atoms with E-state index in [9.17, 15) is 4.79 Å². The van der Waals surface area contributed by atoms with Gasteiger partial charge in [-0.25, -0.2) is 19.6 Å². The number of carbonyl (C=O) groups is 1. The molecule has 1 unspecified atom stereocenters. The third-order valence-electron chi connectivity index (χ3n) is 6.03. The molecular formula is C24H27N7OS2. The van der Waals surface area contributed by atoms with Crippen LogP contribution in [0.5, 0.6) is 0 Å². The van der Waals surface area contributed by atoms with E-state index < -0.39 is 0 Å². The minimum Gasteiger partial charge on any atom is -0.356 e. The van der Waals surface area contributed by atoms with E-state index in [4.69, 9.17) is 0 Å². The van der Waals surface area contributed by atoms with Gasteiger partial charge in [-0.15, -0.1) is 22.7 Å². The van der Waals surface area contributed by atoms with Crippen LogP contribution < -0.4 is 10.2 Å². The quantitative estimate of drug-likeness (QED) is 0.431. The van der Waals surface area contributed by atoms with Crippen LogP contribution in [0, 0.1) is 26.7 Å². The normalized spacial score (nSPS) is 16.1. The number of nitrogens with one attached hydrogen (secondary N) is 1. The van der Waals surface area contributed by atoms with Gasteiger partial charge in [-0.2, -0.15) is 5.10 Å². The standard InChI is InChI=1S/C24H27N7OS2/c1-15-10-16(2)31(29-15)22-11-21(26-14-27-22)30-8-4-6-18(13-30)23(32)25-12-20-17(3)28-24(34-20)19-7-5-9-33-19/h5,7,9-11,14,18H,4,6,8,12-13H2,1-3H3,(H,25,32).